The molecule has 86 valence electrons. The van der Waals surface area contributed by atoms with Gasteiger partial charge in [-0.25, -0.2) is 0 Å². The van der Waals surface area contributed by atoms with E-state index in [0.717, 1.165) is 29.7 Å². The zero-order valence-electron chi connectivity index (χ0n) is 9.56. The molecule has 2 unspecified atom stereocenters. The molecule has 0 amide bonds. The lowest BCUT2D eigenvalue weighted by molar-refractivity contribution is -0.138. The molecule has 1 aromatic rings. The number of carboxylic acid groups (broad SMARTS) is 1. The summed E-state index contributed by atoms with van der Waals surface area (Å²) in [5.74, 6) is -0.329. The fourth-order valence-electron chi connectivity index (χ4n) is 1.98. The van der Waals surface area contributed by atoms with E-state index in [1.165, 1.54) is 0 Å². The lowest BCUT2D eigenvalue weighted by Gasteiger charge is -2.08. The van der Waals surface area contributed by atoms with Crippen molar-refractivity contribution in [1.29, 1.82) is 0 Å². The van der Waals surface area contributed by atoms with Gasteiger partial charge in [-0.1, -0.05) is 19.1 Å². The quantitative estimate of drug-likeness (QED) is 0.851. The summed E-state index contributed by atoms with van der Waals surface area (Å²) >= 11 is 0. The van der Waals surface area contributed by atoms with Gasteiger partial charge in [0.2, 0.25) is 0 Å². The van der Waals surface area contributed by atoms with Crippen molar-refractivity contribution < 1.29 is 14.6 Å². The Hall–Kier alpha value is -1.51. The van der Waals surface area contributed by atoms with E-state index in [1.54, 1.807) is 6.92 Å². The van der Waals surface area contributed by atoms with Crippen molar-refractivity contribution in [1.82, 2.24) is 0 Å². The van der Waals surface area contributed by atoms with Crippen LogP contribution in [0.3, 0.4) is 0 Å². The molecule has 0 saturated heterocycles. The van der Waals surface area contributed by atoms with Gasteiger partial charge in [0, 0.05) is 6.42 Å². The molecule has 0 radical (unpaired) electrons. The van der Waals surface area contributed by atoms with Crippen LogP contribution in [0.5, 0.6) is 5.75 Å². The second-order valence-corrected chi connectivity index (χ2v) is 4.28. The molecule has 1 heterocycles. The Balaban J connectivity index is 2.25. The Labute approximate surface area is 95.0 Å². The van der Waals surface area contributed by atoms with Crippen molar-refractivity contribution in [2.75, 3.05) is 0 Å². The Kier molecular flexibility index (Phi) is 2.86. The number of aliphatic carboxylic acids is 1. The third-order valence-corrected chi connectivity index (χ3v) is 3.15. The molecule has 0 saturated carbocycles. The number of fused-ring (bicyclic) bond motifs is 1. The number of carbonyl (C=O) groups is 1. The highest BCUT2D eigenvalue weighted by Gasteiger charge is 2.23. The molecule has 1 aliphatic heterocycles. The van der Waals surface area contributed by atoms with Gasteiger partial charge in [-0.2, -0.15) is 0 Å². The molecule has 1 aromatic carbocycles. The predicted octanol–water partition coefficient (Wildman–Crippen LogP) is 2.59. The minimum Gasteiger partial charge on any atom is -0.490 e. The van der Waals surface area contributed by atoms with Crippen LogP contribution in [0, 0.1) is 0 Å². The summed E-state index contributed by atoms with van der Waals surface area (Å²) in [6.07, 6.45) is 2.13. The van der Waals surface area contributed by atoms with Crippen LogP contribution in [-0.4, -0.2) is 17.2 Å². The zero-order chi connectivity index (χ0) is 11.7. The van der Waals surface area contributed by atoms with Gasteiger partial charge in [0.05, 0.1) is 5.92 Å². The number of benzene rings is 1. The number of rotatable bonds is 3. The average Bonchev–Trinajstić information content (AvgIpc) is 2.69. The maximum absolute atomic E-state index is 10.9. The SMILES string of the molecule is CCC1Cc2cc(C(C)C(=O)O)ccc2O1. The standard InChI is InChI=1S/C13H16O3/c1-3-11-7-10-6-9(8(2)13(14)15)4-5-12(10)16-11/h4-6,8,11H,3,7H2,1-2H3,(H,14,15). The molecule has 3 nitrogen and oxygen atoms in total. The summed E-state index contributed by atoms with van der Waals surface area (Å²) < 4.78 is 5.70. The van der Waals surface area contributed by atoms with E-state index in [0.29, 0.717) is 0 Å². The largest absolute Gasteiger partial charge is 0.490 e. The number of hydrogen-bond donors (Lipinski definition) is 1. The lowest BCUT2D eigenvalue weighted by Crippen LogP contribution is -2.10. The van der Waals surface area contributed by atoms with E-state index >= 15 is 0 Å². The second-order valence-electron chi connectivity index (χ2n) is 4.28. The molecular weight excluding hydrogens is 204 g/mol. The lowest BCUT2D eigenvalue weighted by atomic mass is 9.97. The molecule has 3 heteroatoms. The van der Waals surface area contributed by atoms with Crippen molar-refractivity contribution in [3.8, 4) is 5.75 Å². The molecule has 0 bridgehead atoms. The van der Waals surface area contributed by atoms with Crippen LogP contribution in [0.1, 0.15) is 37.3 Å². The van der Waals surface area contributed by atoms with E-state index < -0.39 is 11.9 Å². The number of ether oxygens (including phenoxy) is 1. The first-order valence-electron chi connectivity index (χ1n) is 5.64. The molecule has 16 heavy (non-hydrogen) atoms. The van der Waals surface area contributed by atoms with Crippen molar-refractivity contribution in [2.45, 2.75) is 38.7 Å². The van der Waals surface area contributed by atoms with Crippen LogP contribution in [0.4, 0.5) is 0 Å². The summed E-state index contributed by atoms with van der Waals surface area (Å²) in [6, 6.07) is 5.69. The second kappa shape index (κ2) is 4.16. The van der Waals surface area contributed by atoms with Gasteiger partial charge >= 0.3 is 5.97 Å². The van der Waals surface area contributed by atoms with E-state index in [-0.39, 0.29) is 6.10 Å². The van der Waals surface area contributed by atoms with E-state index in [1.807, 2.05) is 18.2 Å². The summed E-state index contributed by atoms with van der Waals surface area (Å²) in [4.78, 5) is 10.9. The van der Waals surface area contributed by atoms with Gasteiger partial charge in [-0.15, -0.1) is 0 Å². The smallest absolute Gasteiger partial charge is 0.310 e. The third kappa shape index (κ3) is 1.90. The van der Waals surface area contributed by atoms with Gasteiger partial charge in [0.1, 0.15) is 11.9 Å². The van der Waals surface area contributed by atoms with Gasteiger partial charge < -0.3 is 9.84 Å². The Morgan fingerprint density at radius 2 is 2.38 bits per heavy atom. The normalized spacial score (nSPS) is 20.0. The molecule has 2 atom stereocenters. The van der Waals surface area contributed by atoms with Crippen LogP contribution >= 0.6 is 0 Å². The first-order chi connectivity index (χ1) is 7.61. The molecular formula is C13H16O3. The fraction of sp³-hybridized carbons (Fsp3) is 0.462. The van der Waals surface area contributed by atoms with Gasteiger partial charge in [0.15, 0.2) is 0 Å². The minimum absolute atomic E-state index is 0.255. The zero-order valence-corrected chi connectivity index (χ0v) is 9.56. The molecule has 0 fully saturated rings. The van der Waals surface area contributed by atoms with Crippen molar-refractivity contribution in [3.63, 3.8) is 0 Å². The first kappa shape index (κ1) is 11.0. The Morgan fingerprint density at radius 1 is 1.62 bits per heavy atom. The Bertz CT molecular complexity index is 412. The highest BCUT2D eigenvalue weighted by molar-refractivity contribution is 5.75. The van der Waals surface area contributed by atoms with E-state index in [2.05, 4.69) is 6.92 Å². The summed E-state index contributed by atoms with van der Waals surface area (Å²) in [7, 11) is 0. The summed E-state index contributed by atoms with van der Waals surface area (Å²) in [5, 5.41) is 8.95. The van der Waals surface area contributed by atoms with Crippen LogP contribution in [0.25, 0.3) is 0 Å². The first-order valence-corrected chi connectivity index (χ1v) is 5.64. The summed E-state index contributed by atoms with van der Waals surface area (Å²) in [6.45, 7) is 3.80. The van der Waals surface area contributed by atoms with Gasteiger partial charge in [-0.3, -0.25) is 4.79 Å². The average molecular weight is 220 g/mol. The van der Waals surface area contributed by atoms with Gasteiger partial charge in [0.25, 0.3) is 0 Å². The molecule has 0 spiro atoms. The van der Waals surface area contributed by atoms with Crippen molar-refractivity contribution in [3.05, 3.63) is 29.3 Å². The Morgan fingerprint density at radius 3 is 3.00 bits per heavy atom. The summed E-state index contributed by atoms with van der Waals surface area (Å²) in [5.41, 5.74) is 1.99. The van der Waals surface area contributed by atoms with E-state index in [4.69, 9.17) is 9.84 Å². The van der Waals surface area contributed by atoms with Crippen LogP contribution < -0.4 is 4.74 Å². The molecule has 0 aromatic heterocycles. The topological polar surface area (TPSA) is 46.5 Å². The highest BCUT2D eigenvalue weighted by atomic mass is 16.5. The third-order valence-electron chi connectivity index (χ3n) is 3.15. The number of carboxylic acids is 1. The molecule has 2 rings (SSSR count). The van der Waals surface area contributed by atoms with Crippen molar-refractivity contribution in [2.24, 2.45) is 0 Å². The van der Waals surface area contributed by atoms with Gasteiger partial charge in [-0.05, 0) is 30.5 Å². The van der Waals surface area contributed by atoms with E-state index in [9.17, 15) is 4.79 Å². The molecule has 0 aliphatic carbocycles. The fourth-order valence-corrected chi connectivity index (χ4v) is 1.98. The maximum atomic E-state index is 10.9. The molecule has 1 N–H and O–H groups in total. The number of hydrogen-bond acceptors (Lipinski definition) is 2. The minimum atomic E-state index is -0.786. The highest BCUT2D eigenvalue weighted by Crippen LogP contribution is 2.32. The van der Waals surface area contributed by atoms with Crippen molar-refractivity contribution >= 4 is 5.97 Å². The van der Waals surface area contributed by atoms with Crippen LogP contribution in [-0.2, 0) is 11.2 Å². The monoisotopic (exact) mass is 220 g/mol. The maximum Gasteiger partial charge on any atom is 0.310 e. The molecule has 1 aliphatic rings. The van der Waals surface area contributed by atoms with Crippen LogP contribution in [0.15, 0.2) is 18.2 Å². The predicted molar refractivity (Wildman–Crippen MR) is 60.9 cm³/mol. The van der Waals surface area contributed by atoms with Crippen LogP contribution in [0.2, 0.25) is 0 Å².